The summed E-state index contributed by atoms with van der Waals surface area (Å²) in [4.78, 5) is 3.66. The van der Waals surface area contributed by atoms with Gasteiger partial charge in [0.15, 0.2) is 0 Å². The molecule has 0 fully saturated rings. The Morgan fingerprint density at radius 1 is 1.04 bits per heavy atom. The maximum absolute atomic E-state index is 13.0. The standard InChI is InChI=1S/C21H20F3NS/c22-21(23,24)16-8-9-18-17-7-4-11-25(14-20(17)26-19(18)13-16)12-10-15-5-2-1-3-6-15/h1-3,5-6,8-9,13H,4,7,10-12,14H2. The van der Waals surface area contributed by atoms with Gasteiger partial charge in [-0.25, -0.2) is 0 Å². The summed E-state index contributed by atoms with van der Waals surface area (Å²) in [5.41, 5.74) is 2.02. The monoisotopic (exact) mass is 375 g/mol. The summed E-state index contributed by atoms with van der Waals surface area (Å²) in [6.07, 6.45) is -1.28. The molecule has 3 aromatic rings. The van der Waals surface area contributed by atoms with Crippen LogP contribution in [-0.4, -0.2) is 18.0 Å². The average Bonchev–Trinajstić information content (AvgIpc) is 2.83. The second-order valence-corrected chi connectivity index (χ2v) is 7.96. The zero-order chi connectivity index (χ0) is 18.1. The van der Waals surface area contributed by atoms with Crippen molar-refractivity contribution < 1.29 is 13.2 Å². The predicted octanol–water partition coefficient (Wildman–Crippen LogP) is 5.91. The molecule has 0 atom stereocenters. The Balaban J connectivity index is 1.56. The van der Waals surface area contributed by atoms with Crippen molar-refractivity contribution in [1.29, 1.82) is 0 Å². The highest BCUT2D eigenvalue weighted by Crippen LogP contribution is 2.38. The Bertz CT molecular complexity index is 899. The van der Waals surface area contributed by atoms with E-state index >= 15 is 0 Å². The Morgan fingerprint density at radius 3 is 2.62 bits per heavy atom. The van der Waals surface area contributed by atoms with Crippen molar-refractivity contribution in [2.24, 2.45) is 0 Å². The first-order valence-corrected chi connectivity index (χ1v) is 9.70. The first-order chi connectivity index (χ1) is 12.5. The van der Waals surface area contributed by atoms with E-state index in [9.17, 15) is 13.2 Å². The van der Waals surface area contributed by atoms with Gasteiger partial charge in [0.1, 0.15) is 0 Å². The molecule has 0 bridgehead atoms. The molecule has 1 aliphatic rings. The third-order valence-corrected chi connectivity index (χ3v) is 6.21. The van der Waals surface area contributed by atoms with Gasteiger partial charge in [-0.15, -0.1) is 11.3 Å². The quantitative estimate of drug-likeness (QED) is 0.550. The van der Waals surface area contributed by atoms with Gasteiger partial charge in [-0.05, 0) is 54.5 Å². The van der Waals surface area contributed by atoms with Crippen LogP contribution in [0.2, 0.25) is 0 Å². The molecular formula is C21H20F3NS. The minimum atomic E-state index is -4.28. The lowest BCUT2D eigenvalue weighted by molar-refractivity contribution is -0.137. The van der Waals surface area contributed by atoms with Gasteiger partial charge >= 0.3 is 6.18 Å². The van der Waals surface area contributed by atoms with Crippen LogP contribution < -0.4 is 0 Å². The van der Waals surface area contributed by atoms with Crippen molar-refractivity contribution in [2.45, 2.75) is 32.0 Å². The lowest BCUT2D eigenvalue weighted by atomic mass is 10.0. The van der Waals surface area contributed by atoms with E-state index < -0.39 is 11.7 Å². The SMILES string of the molecule is FC(F)(F)c1ccc2c3c(sc2c1)CN(CCc1ccccc1)CCC3. The molecule has 0 spiro atoms. The average molecular weight is 375 g/mol. The van der Waals surface area contributed by atoms with Crippen LogP contribution in [0.1, 0.15) is 28.0 Å². The molecule has 1 aromatic heterocycles. The molecule has 5 heteroatoms. The Kier molecular flexibility index (Phi) is 4.76. The van der Waals surface area contributed by atoms with Gasteiger partial charge < -0.3 is 0 Å². The van der Waals surface area contributed by atoms with E-state index in [1.807, 2.05) is 6.07 Å². The summed E-state index contributed by atoms with van der Waals surface area (Å²) < 4.78 is 39.7. The van der Waals surface area contributed by atoms with Gasteiger partial charge in [0.25, 0.3) is 0 Å². The van der Waals surface area contributed by atoms with E-state index in [-0.39, 0.29) is 0 Å². The van der Waals surface area contributed by atoms with E-state index in [4.69, 9.17) is 0 Å². The fraction of sp³-hybridized carbons (Fsp3) is 0.333. The van der Waals surface area contributed by atoms with E-state index in [0.29, 0.717) is 0 Å². The number of nitrogens with zero attached hydrogens (tertiary/aromatic N) is 1. The number of hydrogen-bond acceptors (Lipinski definition) is 2. The topological polar surface area (TPSA) is 3.24 Å². The van der Waals surface area contributed by atoms with Gasteiger partial charge in [-0.1, -0.05) is 36.4 Å². The number of fused-ring (bicyclic) bond motifs is 3. The van der Waals surface area contributed by atoms with Crippen LogP contribution >= 0.6 is 11.3 Å². The largest absolute Gasteiger partial charge is 0.416 e. The molecule has 1 aliphatic heterocycles. The summed E-state index contributed by atoms with van der Waals surface area (Å²) >= 11 is 1.53. The third kappa shape index (κ3) is 3.64. The van der Waals surface area contributed by atoms with E-state index in [1.54, 1.807) is 6.07 Å². The number of thiophene rings is 1. The molecule has 0 N–H and O–H groups in total. The molecule has 0 saturated carbocycles. The van der Waals surface area contributed by atoms with Crippen molar-refractivity contribution >= 4 is 21.4 Å². The molecule has 0 radical (unpaired) electrons. The molecule has 4 rings (SSSR count). The highest BCUT2D eigenvalue weighted by molar-refractivity contribution is 7.19. The van der Waals surface area contributed by atoms with Crippen molar-refractivity contribution in [2.75, 3.05) is 13.1 Å². The fourth-order valence-corrected chi connectivity index (χ4v) is 5.00. The van der Waals surface area contributed by atoms with Gasteiger partial charge in [-0.2, -0.15) is 13.2 Å². The summed E-state index contributed by atoms with van der Waals surface area (Å²) in [5.74, 6) is 0. The summed E-state index contributed by atoms with van der Waals surface area (Å²) in [6, 6.07) is 14.6. The molecular weight excluding hydrogens is 355 g/mol. The van der Waals surface area contributed by atoms with E-state index in [0.717, 1.165) is 49.0 Å². The number of benzene rings is 2. The smallest absolute Gasteiger partial charge is 0.298 e. The second kappa shape index (κ2) is 7.05. The lowest BCUT2D eigenvalue weighted by Gasteiger charge is -2.19. The first-order valence-electron chi connectivity index (χ1n) is 8.88. The number of alkyl halides is 3. The zero-order valence-electron chi connectivity index (χ0n) is 14.4. The Hall–Kier alpha value is -1.85. The summed E-state index contributed by atoms with van der Waals surface area (Å²) in [6.45, 7) is 2.85. The van der Waals surface area contributed by atoms with E-state index in [1.165, 1.54) is 39.5 Å². The van der Waals surface area contributed by atoms with Crippen LogP contribution in [0.15, 0.2) is 48.5 Å². The van der Waals surface area contributed by atoms with Crippen LogP contribution in [0.25, 0.3) is 10.1 Å². The van der Waals surface area contributed by atoms with Gasteiger partial charge in [0.2, 0.25) is 0 Å². The minimum absolute atomic E-state index is 0.553. The van der Waals surface area contributed by atoms with Crippen molar-refractivity contribution in [3.05, 3.63) is 70.1 Å². The maximum Gasteiger partial charge on any atom is 0.416 e. The number of rotatable bonds is 3. The van der Waals surface area contributed by atoms with E-state index in [2.05, 4.69) is 29.2 Å². The molecule has 136 valence electrons. The number of hydrogen-bond donors (Lipinski definition) is 0. The van der Waals surface area contributed by atoms with Crippen molar-refractivity contribution in [3.8, 4) is 0 Å². The molecule has 2 heterocycles. The van der Waals surface area contributed by atoms with Crippen LogP contribution in [0.3, 0.4) is 0 Å². The zero-order valence-corrected chi connectivity index (χ0v) is 15.2. The van der Waals surface area contributed by atoms with Crippen molar-refractivity contribution in [3.63, 3.8) is 0 Å². The maximum atomic E-state index is 13.0. The van der Waals surface area contributed by atoms with Crippen molar-refractivity contribution in [1.82, 2.24) is 4.90 Å². The minimum Gasteiger partial charge on any atom is -0.298 e. The van der Waals surface area contributed by atoms with Crippen LogP contribution in [0.4, 0.5) is 13.2 Å². The number of halogens is 3. The summed E-state index contributed by atoms with van der Waals surface area (Å²) in [5, 5.41) is 1.00. The third-order valence-electron chi connectivity index (χ3n) is 5.03. The highest BCUT2D eigenvalue weighted by atomic mass is 32.1. The molecule has 0 unspecified atom stereocenters. The number of aryl methyl sites for hydroxylation is 1. The highest BCUT2D eigenvalue weighted by Gasteiger charge is 2.31. The Labute approximate surface area is 155 Å². The summed E-state index contributed by atoms with van der Waals surface area (Å²) in [7, 11) is 0. The van der Waals surface area contributed by atoms with Crippen LogP contribution in [0.5, 0.6) is 0 Å². The molecule has 1 nitrogen and oxygen atoms in total. The fourth-order valence-electron chi connectivity index (χ4n) is 3.66. The second-order valence-electron chi connectivity index (χ2n) is 6.83. The molecule has 2 aromatic carbocycles. The van der Waals surface area contributed by atoms with Crippen LogP contribution in [0, 0.1) is 0 Å². The predicted molar refractivity (Wildman–Crippen MR) is 101 cm³/mol. The molecule has 0 aliphatic carbocycles. The Morgan fingerprint density at radius 2 is 1.85 bits per heavy atom. The molecule has 0 amide bonds. The van der Waals surface area contributed by atoms with Gasteiger partial charge in [-0.3, -0.25) is 4.90 Å². The molecule has 26 heavy (non-hydrogen) atoms. The molecule has 0 saturated heterocycles. The first kappa shape index (κ1) is 17.6. The van der Waals surface area contributed by atoms with Gasteiger partial charge in [0.05, 0.1) is 5.56 Å². The lowest BCUT2D eigenvalue weighted by Crippen LogP contribution is -2.25. The van der Waals surface area contributed by atoms with Crippen LogP contribution in [-0.2, 0) is 25.6 Å². The normalized spacial score (nSPS) is 15.8. The van der Waals surface area contributed by atoms with Gasteiger partial charge in [0, 0.05) is 22.7 Å².